The van der Waals surface area contributed by atoms with Gasteiger partial charge in [0.1, 0.15) is 0 Å². The molecule has 4 heteroatoms. The van der Waals surface area contributed by atoms with Crippen molar-refractivity contribution in [1.29, 1.82) is 0 Å². The van der Waals surface area contributed by atoms with Crippen LogP contribution in [0.2, 0.25) is 0 Å². The fraction of sp³-hybridized carbons (Fsp3) is 0.350. The van der Waals surface area contributed by atoms with E-state index in [0.717, 1.165) is 22.4 Å². The molecule has 0 saturated carbocycles. The molecule has 2 amide bonds. The predicted molar refractivity (Wildman–Crippen MR) is 98.0 cm³/mol. The summed E-state index contributed by atoms with van der Waals surface area (Å²) >= 11 is 0. The summed E-state index contributed by atoms with van der Waals surface area (Å²) in [5.74, 6) is 0.647. The van der Waals surface area contributed by atoms with Crippen molar-refractivity contribution in [2.45, 2.75) is 46.1 Å². The van der Waals surface area contributed by atoms with Crippen LogP contribution in [0, 0.1) is 0 Å². The Morgan fingerprint density at radius 1 is 0.917 bits per heavy atom. The smallest absolute Gasteiger partial charge is 0.306 e. The topological polar surface area (TPSA) is 50.4 Å². The van der Waals surface area contributed by atoms with Crippen molar-refractivity contribution >= 4 is 11.7 Å². The molecule has 0 unspecified atom stereocenters. The second-order valence-corrected chi connectivity index (χ2v) is 6.45. The monoisotopic (exact) mass is 326 g/mol. The lowest BCUT2D eigenvalue weighted by atomic mass is 9.93. The molecule has 0 fully saturated rings. The number of nitrogens with one attached hydrogen (secondary N) is 2. The maximum Gasteiger partial charge on any atom is 0.343 e. The Hall–Kier alpha value is -2.33. The summed E-state index contributed by atoms with van der Waals surface area (Å²) in [6.45, 7) is 8.81. The van der Waals surface area contributed by atoms with E-state index in [1.54, 1.807) is 0 Å². The van der Waals surface area contributed by atoms with E-state index in [-0.39, 0.29) is 6.03 Å². The molecule has 128 valence electrons. The van der Waals surface area contributed by atoms with Crippen LogP contribution in [-0.4, -0.2) is 6.03 Å². The summed E-state index contributed by atoms with van der Waals surface area (Å²) < 4.78 is 0. The SMILES string of the molecule is CC(C)c1cccc(C(C)C)c1NC(=O)NOCc1ccccc1. The van der Waals surface area contributed by atoms with Gasteiger partial charge in [0.05, 0.1) is 6.61 Å². The van der Waals surface area contributed by atoms with Gasteiger partial charge in [-0.15, -0.1) is 0 Å². The first-order valence-corrected chi connectivity index (χ1v) is 8.34. The molecule has 0 bridgehead atoms. The third-order valence-corrected chi connectivity index (χ3v) is 3.86. The molecule has 0 aliphatic heterocycles. The number of urea groups is 1. The average molecular weight is 326 g/mol. The number of hydrogen-bond acceptors (Lipinski definition) is 2. The van der Waals surface area contributed by atoms with E-state index in [1.807, 2.05) is 36.4 Å². The zero-order valence-corrected chi connectivity index (χ0v) is 14.8. The first kappa shape index (κ1) is 18.0. The zero-order chi connectivity index (χ0) is 17.5. The van der Waals surface area contributed by atoms with Gasteiger partial charge >= 0.3 is 6.03 Å². The summed E-state index contributed by atoms with van der Waals surface area (Å²) in [5.41, 5.74) is 6.59. The first-order valence-electron chi connectivity index (χ1n) is 8.34. The van der Waals surface area contributed by atoms with Crippen LogP contribution in [-0.2, 0) is 11.4 Å². The van der Waals surface area contributed by atoms with E-state index in [0.29, 0.717) is 18.4 Å². The van der Waals surface area contributed by atoms with Gasteiger partial charge in [0, 0.05) is 5.69 Å². The number of anilines is 1. The van der Waals surface area contributed by atoms with Crippen molar-refractivity contribution in [1.82, 2.24) is 5.48 Å². The minimum atomic E-state index is -0.360. The molecule has 2 rings (SSSR count). The molecule has 0 aliphatic carbocycles. The van der Waals surface area contributed by atoms with E-state index in [2.05, 4.69) is 50.6 Å². The Morgan fingerprint density at radius 2 is 1.50 bits per heavy atom. The fourth-order valence-corrected chi connectivity index (χ4v) is 2.59. The standard InChI is InChI=1S/C20H26N2O2/c1-14(2)17-11-8-12-18(15(3)4)19(17)21-20(23)22-24-13-16-9-6-5-7-10-16/h5-12,14-15H,13H2,1-4H3,(H2,21,22,23). The molecule has 2 N–H and O–H groups in total. The Kier molecular flexibility index (Phi) is 6.38. The summed E-state index contributed by atoms with van der Waals surface area (Å²) in [6.07, 6.45) is 0. The predicted octanol–water partition coefficient (Wildman–Crippen LogP) is 5.19. The van der Waals surface area contributed by atoms with Gasteiger partial charge in [-0.25, -0.2) is 10.3 Å². The van der Waals surface area contributed by atoms with Gasteiger partial charge in [-0.3, -0.25) is 4.84 Å². The third kappa shape index (κ3) is 4.83. The second kappa shape index (κ2) is 8.50. The molecule has 24 heavy (non-hydrogen) atoms. The summed E-state index contributed by atoms with van der Waals surface area (Å²) in [7, 11) is 0. The van der Waals surface area contributed by atoms with Crippen LogP contribution in [0.25, 0.3) is 0 Å². The molecule has 4 nitrogen and oxygen atoms in total. The molecular weight excluding hydrogens is 300 g/mol. The summed E-state index contributed by atoms with van der Waals surface area (Å²) in [4.78, 5) is 17.5. The minimum Gasteiger partial charge on any atom is -0.306 e. The number of para-hydroxylation sites is 1. The largest absolute Gasteiger partial charge is 0.343 e. The molecule has 0 spiro atoms. The molecule has 0 radical (unpaired) electrons. The summed E-state index contributed by atoms with van der Waals surface area (Å²) in [6, 6.07) is 15.5. The number of amides is 2. The Labute approximate surface area is 144 Å². The highest BCUT2D eigenvalue weighted by molar-refractivity contribution is 5.90. The molecule has 2 aromatic carbocycles. The Morgan fingerprint density at radius 3 is 2.04 bits per heavy atom. The average Bonchev–Trinajstić information content (AvgIpc) is 2.55. The van der Waals surface area contributed by atoms with Crippen LogP contribution in [0.3, 0.4) is 0 Å². The molecule has 0 atom stereocenters. The number of carbonyl (C=O) groups excluding carboxylic acids is 1. The quantitative estimate of drug-likeness (QED) is 0.718. The van der Waals surface area contributed by atoms with Gasteiger partial charge in [-0.1, -0.05) is 76.2 Å². The number of benzene rings is 2. The number of hydrogen-bond donors (Lipinski definition) is 2. The fourth-order valence-electron chi connectivity index (χ4n) is 2.59. The normalized spacial score (nSPS) is 10.9. The molecule has 0 aromatic heterocycles. The van der Waals surface area contributed by atoms with Gasteiger partial charge in [0.2, 0.25) is 0 Å². The van der Waals surface area contributed by atoms with Crippen LogP contribution in [0.1, 0.15) is 56.2 Å². The van der Waals surface area contributed by atoms with Crippen LogP contribution >= 0.6 is 0 Å². The van der Waals surface area contributed by atoms with E-state index in [4.69, 9.17) is 4.84 Å². The van der Waals surface area contributed by atoms with Crippen molar-refractivity contribution in [2.24, 2.45) is 0 Å². The zero-order valence-electron chi connectivity index (χ0n) is 14.8. The van der Waals surface area contributed by atoms with Crippen molar-refractivity contribution in [3.05, 3.63) is 65.2 Å². The maximum atomic E-state index is 12.2. The molecular formula is C20H26N2O2. The van der Waals surface area contributed by atoms with Crippen molar-refractivity contribution in [3.8, 4) is 0 Å². The van der Waals surface area contributed by atoms with E-state index < -0.39 is 0 Å². The van der Waals surface area contributed by atoms with Gasteiger partial charge < -0.3 is 5.32 Å². The van der Waals surface area contributed by atoms with Crippen LogP contribution < -0.4 is 10.8 Å². The van der Waals surface area contributed by atoms with Crippen molar-refractivity contribution < 1.29 is 9.63 Å². The van der Waals surface area contributed by atoms with Crippen LogP contribution in [0.5, 0.6) is 0 Å². The van der Waals surface area contributed by atoms with Crippen LogP contribution in [0.15, 0.2) is 48.5 Å². The van der Waals surface area contributed by atoms with Gasteiger partial charge in [0.25, 0.3) is 0 Å². The Balaban J connectivity index is 2.02. The highest BCUT2D eigenvalue weighted by atomic mass is 16.7. The van der Waals surface area contributed by atoms with Crippen molar-refractivity contribution in [2.75, 3.05) is 5.32 Å². The van der Waals surface area contributed by atoms with E-state index in [9.17, 15) is 4.79 Å². The molecule has 0 aliphatic rings. The molecule has 2 aromatic rings. The Bertz CT molecular complexity index is 640. The number of rotatable bonds is 6. The van der Waals surface area contributed by atoms with Crippen molar-refractivity contribution in [3.63, 3.8) is 0 Å². The lowest BCUT2D eigenvalue weighted by Crippen LogP contribution is -2.29. The third-order valence-electron chi connectivity index (χ3n) is 3.86. The highest BCUT2D eigenvalue weighted by Gasteiger charge is 2.15. The van der Waals surface area contributed by atoms with Gasteiger partial charge in [-0.2, -0.15) is 0 Å². The second-order valence-electron chi connectivity index (χ2n) is 6.45. The lowest BCUT2D eigenvalue weighted by molar-refractivity contribution is 0.0535. The van der Waals surface area contributed by atoms with E-state index in [1.165, 1.54) is 0 Å². The number of hydroxylamine groups is 1. The van der Waals surface area contributed by atoms with Crippen LogP contribution in [0.4, 0.5) is 10.5 Å². The molecule has 0 saturated heterocycles. The van der Waals surface area contributed by atoms with Gasteiger partial charge in [-0.05, 0) is 28.5 Å². The molecule has 0 heterocycles. The lowest BCUT2D eigenvalue weighted by Gasteiger charge is -2.20. The first-order chi connectivity index (χ1) is 11.5. The summed E-state index contributed by atoms with van der Waals surface area (Å²) in [5, 5.41) is 2.95. The van der Waals surface area contributed by atoms with E-state index >= 15 is 0 Å². The maximum absolute atomic E-state index is 12.2. The highest BCUT2D eigenvalue weighted by Crippen LogP contribution is 2.32. The number of carbonyl (C=O) groups is 1. The van der Waals surface area contributed by atoms with Gasteiger partial charge in [0.15, 0.2) is 0 Å². The minimum absolute atomic E-state index is 0.323.